The van der Waals surface area contributed by atoms with Gasteiger partial charge in [0, 0.05) is 45.1 Å². The van der Waals surface area contributed by atoms with Crippen LogP contribution in [0, 0.1) is 0 Å². The van der Waals surface area contributed by atoms with E-state index in [1.165, 1.54) is 22.6 Å². The first-order valence-electron chi connectivity index (χ1n) is 10.2. The average Bonchev–Trinajstić information content (AvgIpc) is 3.19. The highest BCUT2D eigenvalue weighted by atomic mass is 15.3. The highest BCUT2D eigenvalue weighted by Crippen LogP contribution is 2.41. The Morgan fingerprint density at radius 2 is 1.75 bits per heavy atom. The van der Waals surface area contributed by atoms with Gasteiger partial charge in [0.25, 0.3) is 0 Å². The van der Waals surface area contributed by atoms with Crippen LogP contribution in [0.15, 0.2) is 61.1 Å². The number of aromatic nitrogens is 3. The van der Waals surface area contributed by atoms with Gasteiger partial charge < -0.3 is 4.57 Å². The smallest absolute Gasteiger partial charge is 0.129 e. The third kappa shape index (κ3) is 2.95. The molecule has 1 fully saturated rings. The molecule has 0 atom stereocenters. The molecule has 2 aliphatic heterocycles. The van der Waals surface area contributed by atoms with Gasteiger partial charge in [-0.25, -0.2) is 4.98 Å². The fraction of sp³-hybridized carbons (Fsp3) is 0.391. The highest BCUT2D eigenvalue weighted by molar-refractivity contribution is 5.59. The molecule has 0 saturated carbocycles. The van der Waals surface area contributed by atoms with Crippen molar-refractivity contribution in [1.82, 2.24) is 24.3 Å². The Hall–Kier alpha value is -2.50. The first kappa shape index (κ1) is 17.6. The Morgan fingerprint density at radius 3 is 2.50 bits per heavy atom. The number of benzene rings is 1. The molecule has 2 aliphatic rings. The number of hydrogen-bond donors (Lipinski definition) is 0. The molecule has 28 heavy (non-hydrogen) atoms. The van der Waals surface area contributed by atoms with Crippen LogP contribution in [-0.2, 0) is 18.6 Å². The fourth-order valence-electron chi connectivity index (χ4n) is 4.88. The Bertz CT molecular complexity index is 926. The van der Waals surface area contributed by atoms with E-state index in [1.54, 1.807) is 0 Å². The van der Waals surface area contributed by atoms with E-state index < -0.39 is 0 Å². The molecule has 1 spiro atoms. The molecule has 0 amide bonds. The van der Waals surface area contributed by atoms with Crippen molar-refractivity contribution in [1.29, 1.82) is 0 Å². The normalized spacial score (nSPS) is 19.6. The van der Waals surface area contributed by atoms with Crippen molar-refractivity contribution in [3.8, 4) is 11.3 Å². The second-order valence-electron chi connectivity index (χ2n) is 8.08. The maximum absolute atomic E-state index is 4.96. The van der Waals surface area contributed by atoms with Crippen LogP contribution in [0.5, 0.6) is 0 Å². The van der Waals surface area contributed by atoms with Crippen LogP contribution < -0.4 is 0 Å². The number of likely N-dealkylation sites (tertiary alicyclic amines) is 1. The largest absolute Gasteiger partial charge is 0.325 e. The van der Waals surface area contributed by atoms with E-state index in [2.05, 4.69) is 69.0 Å². The van der Waals surface area contributed by atoms with Crippen LogP contribution in [-0.4, -0.2) is 51.0 Å². The maximum Gasteiger partial charge on any atom is 0.129 e. The minimum atomic E-state index is 0.0523. The van der Waals surface area contributed by atoms with Gasteiger partial charge in [-0.05, 0) is 37.1 Å². The van der Waals surface area contributed by atoms with E-state index in [0.717, 1.165) is 45.6 Å². The standard InChI is InChI=1S/C23H27N5/c1-26-14-15-28-21(20-7-3-2-4-8-20)17-25-22(28)23(26)9-12-27(13-10-23)18-19-6-5-11-24-16-19/h2-8,11,16-17H,9-10,12-15,18H2,1H3. The molecule has 0 bridgehead atoms. The van der Waals surface area contributed by atoms with E-state index in [4.69, 9.17) is 4.98 Å². The van der Waals surface area contributed by atoms with Gasteiger partial charge in [0.15, 0.2) is 0 Å². The van der Waals surface area contributed by atoms with E-state index in [1.807, 2.05) is 18.5 Å². The van der Waals surface area contributed by atoms with Crippen molar-refractivity contribution in [2.75, 3.05) is 26.7 Å². The number of likely N-dealkylation sites (N-methyl/N-ethyl adjacent to an activating group) is 1. The first-order valence-corrected chi connectivity index (χ1v) is 10.2. The topological polar surface area (TPSA) is 37.2 Å². The summed E-state index contributed by atoms with van der Waals surface area (Å²) in [5.74, 6) is 1.25. The van der Waals surface area contributed by atoms with Crippen molar-refractivity contribution in [3.63, 3.8) is 0 Å². The first-order chi connectivity index (χ1) is 13.8. The van der Waals surface area contributed by atoms with Gasteiger partial charge in [-0.3, -0.25) is 14.8 Å². The molecular weight excluding hydrogens is 346 g/mol. The predicted molar refractivity (Wildman–Crippen MR) is 111 cm³/mol. The molecule has 0 unspecified atom stereocenters. The molecule has 2 aromatic heterocycles. The number of hydrogen-bond acceptors (Lipinski definition) is 4. The highest BCUT2D eigenvalue weighted by Gasteiger charge is 2.45. The van der Waals surface area contributed by atoms with Crippen molar-refractivity contribution in [2.24, 2.45) is 0 Å². The van der Waals surface area contributed by atoms with Gasteiger partial charge in [-0.2, -0.15) is 0 Å². The summed E-state index contributed by atoms with van der Waals surface area (Å²) in [7, 11) is 2.27. The summed E-state index contributed by atoms with van der Waals surface area (Å²) in [4.78, 5) is 14.3. The minimum absolute atomic E-state index is 0.0523. The van der Waals surface area contributed by atoms with Crippen molar-refractivity contribution < 1.29 is 0 Å². The molecule has 0 N–H and O–H groups in total. The van der Waals surface area contributed by atoms with Gasteiger partial charge in [-0.1, -0.05) is 36.4 Å². The van der Waals surface area contributed by atoms with E-state index in [9.17, 15) is 0 Å². The molecule has 1 aromatic carbocycles. The van der Waals surface area contributed by atoms with E-state index in [-0.39, 0.29) is 5.54 Å². The summed E-state index contributed by atoms with van der Waals surface area (Å²) in [6.07, 6.45) is 8.14. The lowest BCUT2D eigenvalue weighted by Crippen LogP contribution is -2.56. The number of fused-ring (bicyclic) bond motifs is 2. The molecule has 0 radical (unpaired) electrons. The number of rotatable bonds is 3. The van der Waals surface area contributed by atoms with Crippen molar-refractivity contribution in [2.45, 2.75) is 31.5 Å². The molecule has 4 heterocycles. The molecule has 3 aromatic rings. The Morgan fingerprint density at radius 1 is 0.929 bits per heavy atom. The Balaban J connectivity index is 1.40. The zero-order valence-corrected chi connectivity index (χ0v) is 16.5. The Kier molecular flexibility index (Phi) is 4.49. The lowest BCUT2D eigenvalue weighted by Gasteiger charge is -2.49. The summed E-state index contributed by atoms with van der Waals surface area (Å²) in [5.41, 5.74) is 3.86. The van der Waals surface area contributed by atoms with Crippen molar-refractivity contribution in [3.05, 3.63) is 72.4 Å². The zero-order valence-electron chi connectivity index (χ0n) is 16.5. The summed E-state index contributed by atoms with van der Waals surface area (Å²) in [5, 5.41) is 0. The number of pyridine rings is 1. The molecule has 1 saturated heterocycles. The molecule has 5 nitrogen and oxygen atoms in total. The lowest BCUT2D eigenvalue weighted by atomic mass is 9.83. The number of piperidine rings is 1. The quantitative estimate of drug-likeness (QED) is 0.705. The van der Waals surface area contributed by atoms with Crippen molar-refractivity contribution >= 4 is 0 Å². The second-order valence-corrected chi connectivity index (χ2v) is 8.08. The molecule has 5 rings (SSSR count). The van der Waals surface area contributed by atoms with Gasteiger partial charge >= 0.3 is 0 Å². The third-order valence-corrected chi connectivity index (χ3v) is 6.54. The molecule has 0 aliphatic carbocycles. The van der Waals surface area contributed by atoms with Crippen LogP contribution in [0.25, 0.3) is 11.3 Å². The van der Waals surface area contributed by atoms with Gasteiger partial charge in [0.05, 0.1) is 17.4 Å². The fourth-order valence-corrected chi connectivity index (χ4v) is 4.88. The van der Waals surface area contributed by atoms with Crippen LogP contribution in [0.3, 0.4) is 0 Å². The second kappa shape index (κ2) is 7.15. The maximum atomic E-state index is 4.96. The SMILES string of the molecule is CN1CCn2c(-c3ccccc3)cnc2C12CCN(Cc1cccnc1)CC2. The summed E-state index contributed by atoms with van der Waals surface area (Å²) in [6.45, 7) is 5.25. The number of nitrogens with zero attached hydrogens (tertiary/aromatic N) is 5. The van der Waals surface area contributed by atoms with E-state index >= 15 is 0 Å². The molecule has 5 heteroatoms. The average molecular weight is 374 g/mol. The molecular formula is C23H27N5. The number of imidazole rings is 1. The van der Waals surface area contributed by atoms with E-state index in [0.29, 0.717) is 0 Å². The third-order valence-electron chi connectivity index (χ3n) is 6.54. The van der Waals surface area contributed by atoms with Crippen LogP contribution in [0.4, 0.5) is 0 Å². The summed E-state index contributed by atoms with van der Waals surface area (Å²) in [6, 6.07) is 14.9. The van der Waals surface area contributed by atoms with Crippen LogP contribution >= 0.6 is 0 Å². The van der Waals surface area contributed by atoms with Crippen LogP contribution in [0.2, 0.25) is 0 Å². The summed E-state index contributed by atoms with van der Waals surface area (Å²) >= 11 is 0. The predicted octanol–water partition coefficient (Wildman–Crippen LogP) is 3.38. The zero-order chi connectivity index (χ0) is 19.0. The minimum Gasteiger partial charge on any atom is -0.325 e. The van der Waals surface area contributed by atoms with Crippen LogP contribution in [0.1, 0.15) is 24.2 Å². The lowest BCUT2D eigenvalue weighted by molar-refractivity contribution is 0.00698. The molecule has 144 valence electrons. The van der Waals surface area contributed by atoms with Gasteiger partial charge in [-0.15, -0.1) is 0 Å². The summed E-state index contributed by atoms with van der Waals surface area (Å²) < 4.78 is 2.46. The monoisotopic (exact) mass is 373 g/mol. The van der Waals surface area contributed by atoms with Gasteiger partial charge in [0.1, 0.15) is 5.82 Å². The van der Waals surface area contributed by atoms with Gasteiger partial charge in [0.2, 0.25) is 0 Å². The Labute approximate surface area is 166 Å².